The van der Waals surface area contributed by atoms with Crippen LogP contribution < -0.4 is 5.32 Å². The van der Waals surface area contributed by atoms with E-state index in [1.165, 1.54) is 0 Å². The first kappa shape index (κ1) is 9.71. The molecule has 0 saturated heterocycles. The maximum Gasteiger partial charge on any atom is 0.129 e. The van der Waals surface area contributed by atoms with Crippen molar-refractivity contribution in [3.05, 3.63) is 24.4 Å². The van der Waals surface area contributed by atoms with Crippen molar-refractivity contribution < 1.29 is 4.79 Å². The van der Waals surface area contributed by atoms with Crippen molar-refractivity contribution in [2.75, 3.05) is 11.9 Å². The molecule has 0 saturated carbocycles. The lowest BCUT2D eigenvalue weighted by Crippen LogP contribution is -2.04. The Hall–Kier alpha value is -1.38. The third-order valence-corrected chi connectivity index (χ3v) is 1.68. The maximum atomic E-state index is 10.6. The van der Waals surface area contributed by atoms with Gasteiger partial charge in [-0.25, -0.2) is 4.98 Å². The van der Waals surface area contributed by atoms with E-state index in [1.807, 2.05) is 18.2 Å². The topological polar surface area (TPSA) is 42.0 Å². The first-order valence-electron chi connectivity index (χ1n) is 4.43. The lowest BCUT2D eigenvalue weighted by atomic mass is 10.2. The van der Waals surface area contributed by atoms with E-state index in [4.69, 9.17) is 0 Å². The van der Waals surface area contributed by atoms with Crippen LogP contribution in [0.3, 0.4) is 0 Å². The standard InChI is InChI=1S/C10H14N2O/c1-9(13)5-4-8-12-10-6-2-3-7-11-10/h2-3,6-7H,4-5,8H2,1H3,(H,11,12). The van der Waals surface area contributed by atoms with E-state index < -0.39 is 0 Å². The largest absolute Gasteiger partial charge is 0.370 e. The van der Waals surface area contributed by atoms with Gasteiger partial charge in [0.25, 0.3) is 0 Å². The summed E-state index contributed by atoms with van der Waals surface area (Å²) < 4.78 is 0. The number of aromatic nitrogens is 1. The van der Waals surface area contributed by atoms with Crippen molar-refractivity contribution >= 4 is 11.6 Å². The molecule has 70 valence electrons. The summed E-state index contributed by atoms with van der Waals surface area (Å²) in [6.45, 7) is 2.41. The normalized spacial score (nSPS) is 9.62. The fraction of sp³-hybridized carbons (Fsp3) is 0.400. The van der Waals surface area contributed by atoms with Crippen LogP contribution >= 0.6 is 0 Å². The molecule has 0 radical (unpaired) electrons. The van der Waals surface area contributed by atoms with Gasteiger partial charge in [0, 0.05) is 19.2 Å². The molecule has 0 unspecified atom stereocenters. The molecule has 3 heteroatoms. The molecule has 0 spiro atoms. The monoisotopic (exact) mass is 178 g/mol. The number of hydrogen-bond donors (Lipinski definition) is 1. The van der Waals surface area contributed by atoms with Crippen molar-refractivity contribution in [1.82, 2.24) is 4.98 Å². The van der Waals surface area contributed by atoms with Crippen molar-refractivity contribution in [1.29, 1.82) is 0 Å². The van der Waals surface area contributed by atoms with Crippen LogP contribution in [0.25, 0.3) is 0 Å². The van der Waals surface area contributed by atoms with Crippen LogP contribution in [0.4, 0.5) is 5.82 Å². The number of nitrogens with one attached hydrogen (secondary N) is 1. The van der Waals surface area contributed by atoms with Crippen LogP contribution in [0.2, 0.25) is 0 Å². The molecule has 0 amide bonds. The van der Waals surface area contributed by atoms with Crippen molar-refractivity contribution in [3.8, 4) is 0 Å². The van der Waals surface area contributed by atoms with Crippen LogP contribution in [0.15, 0.2) is 24.4 Å². The van der Waals surface area contributed by atoms with Gasteiger partial charge >= 0.3 is 0 Å². The Morgan fingerprint density at radius 1 is 1.54 bits per heavy atom. The van der Waals surface area contributed by atoms with Crippen LogP contribution in [-0.2, 0) is 4.79 Å². The second-order valence-corrected chi connectivity index (χ2v) is 2.95. The zero-order valence-corrected chi connectivity index (χ0v) is 7.79. The van der Waals surface area contributed by atoms with Gasteiger partial charge in [-0.05, 0) is 25.5 Å². The van der Waals surface area contributed by atoms with E-state index in [-0.39, 0.29) is 5.78 Å². The zero-order chi connectivity index (χ0) is 9.52. The summed E-state index contributed by atoms with van der Waals surface area (Å²) in [5, 5.41) is 3.14. The predicted molar refractivity (Wildman–Crippen MR) is 52.6 cm³/mol. The van der Waals surface area contributed by atoms with E-state index >= 15 is 0 Å². The lowest BCUT2D eigenvalue weighted by molar-refractivity contribution is -0.117. The highest BCUT2D eigenvalue weighted by atomic mass is 16.1. The molecule has 0 fully saturated rings. The van der Waals surface area contributed by atoms with E-state index in [9.17, 15) is 4.79 Å². The summed E-state index contributed by atoms with van der Waals surface area (Å²) in [7, 11) is 0. The molecule has 1 heterocycles. The van der Waals surface area contributed by atoms with Gasteiger partial charge in [-0.15, -0.1) is 0 Å². The molecule has 1 aromatic rings. The van der Waals surface area contributed by atoms with Gasteiger partial charge in [0.05, 0.1) is 0 Å². The summed E-state index contributed by atoms with van der Waals surface area (Å²) in [5.41, 5.74) is 0. The van der Waals surface area contributed by atoms with Gasteiger partial charge in [-0.3, -0.25) is 0 Å². The summed E-state index contributed by atoms with van der Waals surface area (Å²) >= 11 is 0. The van der Waals surface area contributed by atoms with Crippen molar-refractivity contribution in [2.45, 2.75) is 19.8 Å². The summed E-state index contributed by atoms with van der Waals surface area (Å²) in [6, 6.07) is 5.72. The van der Waals surface area contributed by atoms with Gasteiger partial charge in [-0.2, -0.15) is 0 Å². The van der Waals surface area contributed by atoms with Gasteiger partial charge in [0.1, 0.15) is 11.6 Å². The van der Waals surface area contributed by atoms with E-state index in [0.29, 0.717) is 6.42 Å². The van der Waals surface area contributed by atoms with E-state index in [0.717, 1.165) is 18.8 Å². The van der Waals surface area contributed by atoms with Crippen LogP contribution in [-0.4, -0.2) is 17.3 Å². The number of carbonyl (C=O) groups is 1. The quantitative estimate of drug-likeness (QED) is 0.700. The number of hydrogen-bond acceptors (Lipinski definition) is 3. The predicted octanol–water partition coefficient (Wildman–Crippen LogP) is 1.86. The van der Waals surface area contributed by atoms with Crippen LogP contribution in [0.5, 0.6) is 0 Å². The first-order valence-corrected chi connectivity index (χ1v) is 4.43. The summed E-state index contributed by atoms with van der Waals surface area (Å²) in [5.74, 6) is 1.11. The number of Topliss-reactive ketones (excluding diaryl/α,β-unsaturated/α-hetero) is 1. The lowest BCUT2D eigenvalue weighted by Gasteiger charge is -2.02. The Kier molecular flexibility index (Phi) is 3.96. The first-order chi connectivity index (χ1) is 6.29. The molecule has 0 atom stereocenters. The van der Waals surface area contributed by atoms with Gasteiger partial charge in [0.2, 0.25) is 0 Å². The molecular weight excluding hydrogens is 164 g/mol. The van der Waals surface area contributed by atoms with Crippen molar-refractivity contribution in [2.24, 2.45) is 0 Å². The molecule has 13 heavy (non-hydrogen) atoms. The number of rotatable bonds is 5. The molecule has 0 aliphatic carbocycles. The molecule has 0 aliphatic rings. The molecule has 0 aromatic carbocycles. The fourth-order valence-electron chi connectivity index (χ4n) is 1.02. The highest BCUT2D eigenvalue weighted by Gasteiger charge is 1.93. The Balaban J connectivity index is 2.17. The Bertz CT molecular complexity index is 259. The van der Waals surface area contributed by atoms with Crippen molar-refractivity contribution in [3.63, 3.8) is 0 Å². The smallest absolute Gasteiger partial charge is 0.129 e. The highest BCUT2D eigenvalue weighted by Crippen LogP contribution is 2.00. The molecule has 0 bridgehead atoms. The average Bonchev–Trinajstić information content (AvgIpc) is 2.14. The Morgan fingerprint density at radius 3 is 3.00 bits per heavy atom. The average molecular weight is 178 g/mol. The number of pyridine rings is 1. The molecule has 1 rings (SSSR count). The van der Waals surface area contributed by atoms with Gasteiger partial charge in [-0.1, -0.05) is 6.07 Å². The molecule has 0 aliphatic heterocycles. The zero-order valence-electron chi connectivity index (χ0n) is 7.79. The SMILES string of the molecule is CC(=O)CCCNc1ccccn1. The number of anilines is 1. The van der Waals surface area contributed by atoms with Crippen LogP contribution in [0.1, 0.15) is 19.8 Å². The summed E-state index contributed by atoms with van der Waals surface area (Å²) in [4.78, 5) is 14.7. The Morgan fingerprint density at radius 2 is 2.38 bits per heavy atom. The minimum atomic E-state index is 0.239. The molecule has 3 nitrogen and oxygen atoms in total. The maximum absolute atomic E-state index is 10.6. The highest BCUT2D eigenvalue weighted by molar-refractivity contribution is 5.75. The summed E-state index contributed by atoms with van der Waals surface area (Å²) in [6.07, 6.45) is 3.25. The second-order valence-electron chi connectivity index (χ2n) is 2.95. The molecule has 1 N–H and O–H groups in total. The number of carbonyl (C=O) groups excluding carboxylic acids is 1. The van der Waals surface area contributed by atoms with Gasteiger partial charge in [0.15, 0.2) is 0 Å². The Labute approximate surface area is 78.2 Å². The van der Waals surface area contributed by atoms with Crippen LogP contribution in [0, 0.1) is 0 Å². The third-order valence-electron chi connectivity index (χ3n) is 1.68. The number of ketones is 1. The molecular formula is C10H14N2O. The fourth-order valence-corrected chi connectivity index (χ4v) is 1.02. The third kappa shape index (κ3) is 4.25. The minimum absolute atomic E-state index is 0.239. The van der Waals surface area contributed by atoms with E-state index in [2.05, 4.69) is 10.3 Å². The number of nitrogens with zero attached hydrogens (tertiary/aromatic N) is 1. The van der Waals surface area contributed by atoms with E-state index in [1.54, 1.807) is 13.1 Å². The van der Waals surface area contributed by atoms with Gasteiger partial charge < -0.3 is 10.1 Å². The molecule has 1 aromatic heterocycles. The minimum Gasteiger partial charge on any atom is -0.370 e. The second kappa shape index (κ2) is 5.30.